The number of ether oxygens (including phenoxy) is 2. The van der Waals surface area contributed by atoms with E-state index in [9.17, 15) is 9.59 Å². The van der Waals surface area contributed by atoms with Crippen molar-refractivity contribution in [3.63, 3.8) is 0 Å². The van der Waals surface area contributed by atoms with Crippen LogP contribution in [0.15, 0.2) is 12.2 Å². The zero-order chi connectivity index (χ0) is 10.1. The Labute approximate surface area is 77.5 Å². The van der Waals surface area contributed by atoms with Gasteiger partial charge in [-0.2, -0.15) is 0 Å². The van der Waals surface area contributed by atoms with Crippen LogP contribution in [0.4, 0.5) is 0 Å². The Bertz CT molecular complexity index is 196. The molecule has 0 aliphatic rings. The van der Waals surface area contributed by atoms with Crippen molar-refractivity contribution in [2.45, 2.75) is 19.8 Å². The van der Waals surface area contributed by atoms with Crippen molar-refractivity contribution in [3.05, 3.63) is 12.2 Å². The highest BCUT2D eigenvalue weighted by molar-refractivity contribution is 5.77. The second-order valence-electron chi connectivity index (χ2n) is 2.50. The van der Waals surface area contributed by atoms with Crippen molar-refractivity contribution in [3.8, 4) is 0 Å². The molecule has 4 heteroatoms. The summed E-state index contributed by atoms with van der Waals surface area (Å²) in [6.45, 7) is 1.47. The van der Waals surface area contributed by atoms with E-state index in [2.05, 4.69) is 9.47 Å². The molecule has 0 aromatic heterocycles. The molecular weight excluding hydrogens is 172 g/mol. The summed E-state index contributed by atoms with van der Waals surface area (Å²) in [5.41, 5.74) is 0. The van der Waals surface area contributed by atoms with Gasteiger partial charge in [-0.1, -0.05) is 12.2 Å². The number of hydrogen-bond donors (Lipinski definition) is 0. The van der Waals surface area contributed by atoms with Crippen LogP contribution >= 0.6 is 0 Å². The number of carbonyl (C=O) groups excluding carboxylic acids is 2. The first-order chi connectivity index (χ1) is 6.16. The van der Waals surface area contributed by atoms with Crippen molar-refractivity contribution in [2.24, 2.45) is 0 Å². The third-order valence-electron chi connectivity index (χ3n) is 1.19. The lowest BCUT2D eigenvalue weighted by Crippen LogP contribution is -2.05. The van der Waals surface area contributed by atoms with Gasteiger partial charge >= 0.3 is 5.97 Å². The molecule has 0 radical (unpaired) electrons. The predicted octanol–water partition coefficient (Wildman–Crippen LogP) is 1.06. The Morgan fingerprint density at radius 2 is 1.85 bits per heavy atom. The summed E-state index contributed by atoms with van der Waals surface area (Å²) < 4.78 is 9.14. The van der Waals surface area contributed by atoms with E-state index in [-0.39, 0.29) is 25.0 Å². The van der Waals surface area contributed by atoms with E-state index in [1.807, 2.05) is 0 Å². The van der Waals surface area contributed by atoms with E-state index < -0.39 is 0 Å². The normalized spacial score (nSPS) is 10.3. The van der Waals surface area contributed by atoms with Gasteiger partial charge in [0.25, 0.3) is 0 Å². The van der Waals surface area contributed by atoms with Crippen LogP contribution in [0.25, 0.3) is 0 Å². The van der Waals surface area contributed by atoms with Crippen LogP contribution in [-0.2, 0) is 19.1 Å². The standard InChI is InChI=1S/C9H14O4/c1-8(10)5-3-4-6-9(11)13-7-12-2/h3-4H,5-7H2,1-2H3/b4-3+. The molecule has 0 saturated carbocycles. The van der Waals surface area contributed by atoms with E-state index in [1.165, 1.54) is 14.0 Å². The third kappa shape index (κ3) is 8.75. The molecule has 0 spiro atoms. The van der Waals surface area contributed by atoms with Gasteiger partial charge < -0.3 is 9.47 Å². The molecule has 0 N–H and O–H groups in total. The summed E-state index contributed by atoms with van der Waals surface area (Å²) in [5, 5.41) is 0. The molecule has 0 rings (SSSR count). The van der Waals surface area contributed by atoms with Crippen molar-refractivity contribution in [1.82, 2.24) is 0 Å². The molecule has 0 aromatic rings. The van der Waals surface area contributed by atoms with Crippen molar-refractivity contribution >= 4 is 11.8 Å². The van der Waals surface area contributed by atoms with E-state index >= 15 is 0 Å². The van der Waals surface area contributed by atoms with Crippen LogP contribution in [0.5, 0.6) is 0 Å². The third-order valence-corrected chi connectivity index (χ3v) is 1.19. The number of Topliss-reactive ketones (excluding diaryl/α,β-unsaturated/α-hetero) is 1. The summed E-state index contributed by atoms with van der Waals surface area (Å²) in [4.78, 5) is 21.3. The molecule has 0 fully saturated rings. The quantitative estimate of drug-likeness (QED) is 0.353. The largest absolute Gasteiger partial charge is 0.438 e. The first-order valence-corrected chi connectivity index (χ1v) is 3.95. The SMILES string of the molecule is COCOC(=O)C/C=C/CC(C)=O. The summed E-state index contributed by atoms with van der Waals surface area (Å²) >= 11 is 0. The molecule has 0 aromatic carbocycles. The zero-order valence-electron chi connectivity index (χ0n) is 7.91. The molecule has 13 heavy (non-hydrogen) atoms. The van der Waals surface area contributed by atoms with Gasteiger partial charge in [0.1, 0.15) is 5.78 Å². The summed E-state index contributed by atoms with van der Waals surface area (Å²) in [6, 6.07) is 0. The highest BCUT2D eigenvalue weighted by atomic mass is 16.7. The number of methoxy groups -OCH3 is 1. The second kappa shape index (κ2) is 7.49. The highest BCUT2D eigenvalue weighted by Gasteiger charge is 1.97. The first-order valence-electron chi connectivity index (χ1n) is 3.95. The Hall–Kier alpha value is -1.16. The monoisotopic (exact) mass is 186 g/mol. The summed E-state index contributed by atoms with van der Waals surface area (Å²) in [6.07, 6.45) is 3.80. The van der Waals surface area contributed by atoms with Gasteiger partial charge in [-0.25, -0.2) is 0 Å². The van der Waals surface area contributed by atoms with E-state index in [4.69, 9.17) is 0 Å². The maximum atomic E-state index is 10.8. The molecule has 74 valence electrons. The highest BCUT2D eigenvalue weighted by Crippen LogP contribution is 1.91. The van der Waals surface area contributed by atoms with Crippen molar-refractivity contribution in [1.29, 1.82) is 0 Å². The number of rotatable bonds is 6. The molecule has 0 aliphatic heterocycles. The summed E-state index contributed by atoms with van der Waals surface area (Å²) in [5.74, 6) is -0.289. The zero-order valence-corrected chi connectivity index (χ0v) is 7.91. The average molecular weight is 186 g/mol. The predicted molar refractivity (Wildman–Crippen MR) is 47.0 cm³/mol. The maximum Gasteiger partial charge on any atom is 0.311 e. The molecule has 0 heterocycles. The molecule has 0 aliphatic carbocycles. The van der Waals surface area contributed by atoms with Crippen molar-refractivity contribution in [2.75, 3.05) is 13.9 Å². The lowest BCUT2D eigenvalue weighted by molar-refractivity contribution is -0.152. The lowest BCUT2D eigenvalue weighted by Gasteiger charge is -1.99. The smallest absolute Gasteiger partial charge is 0.311 e. The minimum Gasteiger partial charge on any atom is -0.438 e. The van der Waals surface area contributed by atoms with E-state index in [0.29, 0.717) is 6.42 Å². The van der Waals surface area contributed by atoms with Crippen LogP contribution in [0.1, 0.15) is 19.8 Å². The Morgan fingerprint density at radius 1 is 1.23 bits per heavy atom. The fourth-order valence-corrected chi connectivity index (χ4v) is 0.612. The van der Waals surface area contributed by atoms with Gasteiger partial charge in [0.05, 0.1) is 6.42 Å². The Morgan fingerprint density at radius 3 is 2.38 bits per heavy atom. The van der Waals surface area contributed by atoms with Crippen LogP contribution in [0, 0.1) is 0 Å². The first kappa shape index (κ1) is 11.8. The van der Waals surface area contributed by atoms with Crippen LogP contribution in [0.2, 0.25) is 0 Å². The van der Waals surface area contributed by atoms with Gasteiger partial charge in [0, 0.05) is 13.5 Å². The Balaban J connectivity index is 3.45. The van der Waals surface area contributed by atoms with Gasteiger partial charge in [-0.05, 0) is 6.92 Å². The van der Waals surface area contributed by atoms with E-state index in [0.717, 1.165) is 0 Å². The second-order valence-corrected chi connectivity index (χ2v) is 2.50. The summed E-state index contributed by atoms with van der Waals surface area (Å²) in [7, 11) is 1.44. The van der Waals surface area contributed by atoms with Gasteiger partial charge in [-0.3, -0.25) is 9.59 Å². The van der Waals surface area contributed by atoms with Gasteiger partial charge in [0.15, 0.2) is 6.79 Å². The van der Waals surface area contributed by atoms with Gasteiger partial charge in [0.2, 0.25) is 0 Å². The lowest BCUT2D eigenvalue weighted by atomic mass is 10.3. The number of carbonyl (C=O) groups is 2. The molecule has 0 bridgehead atoms. The fraction of sp³-hybridized carbons (Fsp3) is 0.556. The molecule has 0 unspecified atom stereocenters. The number of allylic oxidation sites excluding steroid dienone is 1. The molecule has 0 saturated heterocycles. The number of ketones is 1. The maximum absolute atomic E-state index is 10.8. The van der Waals surface area contributed by atoms with E-state index in [1.54, 1.807) is 12.2 Å². The Kier molecular flexibility index (Phi) is 6.82. The van der Waals surface area contributed by atoms with Crippen molar-refractivity contribution < 1.29 is 19.1 Å². The minimum absolute atomic E-state index is 0.0284. The molecule has 4 nitrogen and oxygen atoms in total. The van der Waals surface area contributed by atoms with Crippen LogP contribution < -0.4 is 0 Å². The molecular formula is C9H14O4. The van der Waals surface area contributed by atoms with Crippen LogP contribution in [0.3, 0.4) is 0 Å². The number of hydrogen-bond acceptors (Lipinski definition) is 4. The minimum atomic E-state index is -0.360. The molecule has 0 atom stereocenters. The fourth-order valence-electron chi connectivity index (χ4n) is 0.612. The number of esters is 1. The van der Waals surface area contributed by atoms with Crippen LogP contribution in [-0.4, -0.2) is 25.7 Å². The average Bonchev–Trinajstić information content (AvgIpc) is 2.08. The van der Waals surface area contributed by atoms with Gasteiger partial charge in [-0.15, -0.1) is 0 Å². The topological polar surface area (TPSA) is 52.6 Å². The molecule has 0 amide bonds.